The van der Waals surface area contributed by atoms with Crippen LogP contribution in [0.25, 0.3) is 11.1 Å². The molecule has 3 aliphatic heterocycles. The number of rotatable bonds is 6. The molecular weight excluding hydrogens is 551 g/mol. The van der Waals surface area contributed by atoms with Gasteiger partial charge >= 0.3 is 6.18 Å². The monoisotopic (exact) mass is 583 g/mol. The Kier molecular flexibility index (Phi) is 7.83. The standard InChI is InChI=1S/C31H33ClF3N5O/c32-25-8-9-27(31(33,34)35)24(16-25)19-39-14-10-36-29-28(39)17-23(18-37-29)21-5-3-6-22(15-21)30(41)40-13-4-7-26(40)20-38-11-1-2-12-38/h3,5-6,8-9,15-18,26H,1-2,4,7,10-14,19-20H2,(H,36,37)/t26-/m0/s1. The number of likely N-dealkylation sites (tertiary alicyclic amines) is 2. The zero-order valence-corrected chi connectivity index (χ0v) is 23.5. The number of carbonyl (C=O) groups excluding carboxylic acids is 1. The predicted octanol–water partition coefficient (Wildman–Crippen LogP) is 6.55. The molecule has 3 aliphatic rings. The maximum Gasteiger partial charge on any atom is 0.416 e. The van der Waals surface area contributed by atoms with Crippen LogP contribution in [0.4, 0.5) is 24.7 Å². The predicted molar refractivity (Wildman–Crippen MR) is 155 cm³/mol. The lowest BCUT2D eigenvalue weighted by Crippen LogP contribution is -2.42. The van der Waals surface area contributed by atoms with E-state index in [0.717, 1.165) is 56.2 Å². The molecule has 216 valence electrons. The van der Waals surface area contributed by atoms with Gasteiger partial charge in [-0.15, -0.1) is 0 Å². The molecule has 41 heavy (non-hydrogen) atoms. The largest absolute Gasteiger partial charge is 0.416 e. The van der Waals surface area contributed by atoms with E-state index in [9.17, 15) is 18.0 Å². The summed E-state index contributed by atoms with van der Waals surface area (Å²) >= 11 is 6.08. The zero-order valence-electron chi connectivity index (χ0n) is 22.8. The molecule has 0 radical (unpaired) electrons. The molecule has 10 heteroatoms. The van der Waals surface area contributed by atoms with Gasteiger partial charge in [-0.3, -0.25) is 4.79 Å². The molecule has 2 fully saturated rings. The minimum absolute atomic E-state index is 0.0428. The van der Waals surface area contributed by atoms with Gasteiger partial charge in [-0.2, -0.15) is 13.2 Å². The molecule has 6 rings (SSSR count). The first-order valence-corrected chi connectivity index (χ1v) is 14.6. The van der Waals surface area contributed by atoms with Crippen molar-refractivity contribution in [2.45, 2.75) is 44.4 Å². The van der Waals surface area contributed by atoms with Gasteiger partial charge in [-0.25, -0.2) is 4.98 Å². The molecule has 2 aromatic carbocycles. The van der Waals surface area contributed by atoms with Gasteiger partial charge in [0, 0.05) is 61.1 Å². The molecule has 1 N–H and O–H groups in total. The van der Waals surface area contributed by atoms with Crippen LogP contribution < -0.4 is 10.2 Å². The summed E-state index contributed by atoms with van der Waals surface area (Å²) in [5.74, 6) is 0.660. The van der Waals surface area contributed by atoms with Crippen LogP contribution in [0, 0.1) is 0 Å². The number of alkyl halides is 3. The number of nitrogens with one attached hydrogen (secondary N) is 1. The first kappa shape index (κ1) is 27.8. The summed E-state index contributed by atoms with van der Waals surface area (Å²) in [5, 5.41) is 3.51. The topological polar surface area (TPSA) is 51.7 Å². The van der Waals surface area contributed by atoms with Gasteiger partial charge in [0.2, 0.25) is 0 Å². The highest BCUT2D eigenvalue weighted by Gasteiger charge is 2.34. The second kappa shape index (κ2) is 11.5. The normalized spacial score (nSPS) is 19.4. The molecule has 0 bridgehead atoms. The Morgan fingerprint density at radius 2 is 1.83 bits per heavy atom. The average molecular weight is 584 g/mol. The number of pyridine rings is 1. The fourth-order valence-electron chi connectivity index (χ4n) is 6.31. The van der Waals surface area contributed by atoms with Crippen LogP contribution in [0.2, 0.25) is 5.02 Å². The SMILES string of the molecule is O=C(c1cccc(-c2cnc3c(c2)N(Cc2cc(Cl)ccc2C(F)(F)F)CCN3)c1)N1CCC[C@H]1CN1CCCC1. The van der Waals surface area contributed by atoms with Crippen LogP contribution in [0.15, 0.2) is 54.7 Å². The Balaban J connectivity index is 1.25. The van der Waals surface area contributed by atoms with E-state index in [0.29, 0.717) is 30.2 Å². The lowest BCUT2D eigenvalue weighted by Gasteiger charge is -2.32. The van der Waals surface area contributed by atoms with E-state index in [1.165, 1.54) is 25.0 Å². The quantitative estimate of drug-likeness (QED) is 0.356. The van der Waals surface area contributed by atoms with Crippen LogP contribution in [0.3, 0.4) is 0 Å². The van der Waals surface area contributed by atoms with E-state index in [-0.39, 0.29) is 29.1 Å². The summed E-state index contributed by atoms with van der Waals surface area (Å²) < 4.78 is 41.2. The highest BCUT2D eigenvalue weighted by Crippen LogP contribution is 2.37. The summed E-state index contributed by atoms with van der Waals surface area (Å²) in [6.45, 7) is 5.03. The Morgan fingerprint density at radius 3 is 2.63 bits per heavy atom. The van der Waals surface area contributed by atoms with Gasteiger partial charge in [0.15, 0.2) is 0 Å². The Morgan fingerprint density at radius 1 is 1.00 bits per heavy atom. The molecular formula is C31H33ClF3N5O. The first-order chi connectivity index (χ1) is 19.8. The van der Waals surface area contributed by atoms with Crippen molar-refractivity contribution in [1.29, 1.82) is 0 Å². The number of halogens is 4. The van der Waals surface area contributed by atoms with Crippen LogP contribution in [0.1, 0.15) is 47.2 Å². The molecule has 1 amide bonds. The minimum atomic E-state index is -4.48. The van der Waals surface area contributed by atoms with Crippen LogP contribution in [-0.4, -0.2) is 66.0 Å². The molecule has 4 heterocycles. The fraction of sp³-hybridized carbons (Fsp3) is 0.419. The first-order valence-electron chi connectivity index (χ1n) is 14.2. The van der Waals surface area contributed by atoms with Crippen molar-refractivity contribution in [1.82, 2.24) is 14.8 Å². The van der Waals surface area contributed by atoms with Crippen molar-refractivity contribution < 1.29 is 18.0 Å². The van der Waals surface area contributed by atoms with Gasteiger partial charge in [0.05, 0.1) is 11.3 Å². The molecule has 0 saturated carbocycles. The smallest absolute Gasteiger partial charge is 0.367 e. The van der Waals surface area contributed by atoms with E-state index in [4.69, 9.17) is 11.6 Å². The maximum absolute atomic E-state index is 13.7. The van der Waals surface area contributed by atoms with Gasteiger partial charge in [0.1, 0.15) is 5.82 Å². The minimum Gasteiger partial charge on any atom is -0.367 e. The summed E-state index contributed by atoms with van der Waals surface area (Å²) in [5.41, 5.74) is 2.41. The molecule has 0 aliphatic carbocycles. The molecule has 1 aromatic heterocycles. The number of hydrogen-bond donors (Lipinski definition) is 1. The van der Waals surface area contributed by atoms with E-state index in [1.54, 1.807) is 6.20 Å². The van der Waals surface area contributed by atoms with Gasteiger partial charge < -0.3 is 20.0 Å². The second-order valence-electron chi connectivity index (χ2n) is 11.1. The van der Waals surface area contributed by atoms with Crippen molar-refractivity contribution in [3.63, 3.8) is 0 Å². The van der Waals surface area contributed by atoms with Gasteiger partial charge in [-0.05, 0) is 86.3 Å². The molecule has 0 spiro atoms. The van der Waals surface area contributed by atoms with Crippen molar-refractivity contribution in [3.8, 4) is 11.1 Å². The Bertz CT molecular complexity index is 1430. The van der Waals surface area contributed by atoms with E-state index < -0.39 is 11.7 Å². The summed E-state index contributed by atoms with van der Waals surface area (Å²) in [4.78, 5) is 24.6. The van der Waals surface area contributed by atoms with E-state index in [2.05, 4.69) is 15.2 Å². The molecule has 2 saturated heterocycles. The van der Waals surface area contributed by atoms with Crippen LogP contribution in [-0.2, 0) is 12.7 Å². The highest BCUT2D eigenvalue weighted by atomic mass is 35.5. The summed E-state index contributed by atoms with van der Waals surface area (Å²) in [7, 11) is 0. The van der Waals surface area contributed by atoms with Crippen LogP contribution >= 0.6 is 11.6 Å². The Labute approximate surface area is 243 Å². The van der Waals surface area contributed by atoms with Crippen LogP contribution in [0.5, 0.6) is 0 Å². The maximum atomic E-state index is 13.7. The number of amides is 1. The third-order valence-corrected chi connectivity index (χ3v) is 8.60. The molecule has 1 atom stereocenters. The summed E-state index contributed by atoms with van der Waals surface area (Å²) in [6, 6.07) is 13.4. The highest BCUT2D eigenvalue weighted by molar-refractivity contribution is 6.30. The number of anilines is 2. The zero-order chi connectivity index (χ0) is 28.6. The van der Waals surface area contributed by atoms with Gasteiger partial charge in [-0.1, -0.05) is 23.7 Å². The third-order valence-electron chi connectivity index (χ3n) is 8.36. The average Bonchev–Trinajstić information content (AvgIpc) is 3.65. The van der Waals surface area contributed by atoms with E-state index in [1.807, 2.05) is 40.1 Å². The summed E-state index contributed by atoms with van der Waals surface area (Å²) in [6.07, 6.45) is 1.77. The number of nitrogens with zero attached hydrogens (tertiary/aromatic N) is 4. The number of aromatic nitrogens is 1. The van der Waals surface area contributed by atoms with Crippen molar-refractivity contribution in [3.05, 3.63) is 76.4 Å². The number of fused-ring (bicyclic) bond motifs is 1. The third kappa shape index (κ3) is 6.02. The molecule has 0 unspecified atom stereocenters. The van der Waals surface area contributed by atoms with Crippen molar-refractivity contribution in [2.24, 2.45) is 0 Å². The molecule has 3 aromatic rings. The lowest BCUT2D eigenvalue weighted by molar-refractivity contribution is -0.138. The fourth-order valence-corrected chi connectivity index (χ4v) is 6.51. The second-order valence-corrected chi connectivity index (χ2v) is 11.6. The van der Waals surface area contributed by atoms with Crippen molar-refractivity contribution >= 4 is 29.0 Å². The Hall–Kier alpha value is -3.30. The lowest BCUT2D eigenvalue weighted by atomic mass is 10.0. The molecule has 6 nitrogen and oxygen atoms in total. The van der Waals surface area contributed by atoms with Gasteiger partial charge in [0.25, 0.3) is 5.91 Å². The number of carbonyl (C=O) groups is 1. The number of benzene rings is 2. The number of hydrogen-bond acceptors (Lipinski definition) is 5. The van der Waals surface area contributed by atoms with E-state index >= 15 is 0 Å². The van der Waals surface area contributed by atoms with Crippen molar-refractivity contribution in [2.75, 3.05) is 49.5 Å².